The van der Waals surface area contributed by atoms with Crippen LogP contribution in [0, 0.1) is 23.7 Å². The first-order valence-electron chi connectivity index (χ1n) is 11.2. The van der Waals surface area contributed by atoms with E-state index >= 15 is 0 Å². The first-order chi connectivity index (χ1) is 14.6. The monoisotopic (exact) mass is 417 g/mol. The van der Waals surface area contributed by atoms with Gasteiger partial charge < -0.3 is 14.6 Å². The highest BCUT2D eigenvalue weighted by molar-refractivity contribution is 5.83. The molecule has 3 aliphatic rings. The number of piperazine rings is 1. The van der Waals surface area contributed by atoms with Crippen molar-refractivity contribution in [3.05, 3.63) is 18.5 Å². The standard InChI is InChI=1S/C22H32FN5O2/c1-26(21(30)20-17-13-16(14-19(17)23)18(20)15-29)7-2-3-8-27-9-11-28(12-10-27)22-24-5-4-6-25-22/h4-6,15-20H,2-3,7-14H2,1H3. The molecule has 2 saturated carbocycles. The van der Waals surface area contributed by atoms with Crippen LogP contribution in [0.5, 0.6) is 0 Å². The summed E-state index contributed by atoms with van der Waals surface area (Å²) in [5.74, 6) is -0.188. The van der Waals surface area contributed by atoms with Crippen LogP contribution in [0.15, 0.2) is 18.5 Å². The van der Waals surface area contributed by atoms with Gasteiger partial charge >= 0.3 is 0 Å². The molecular weight excluding hydrogens is 385 g/mol. The molecule has 0 radical (unpaired) electrons. The number of alkyl halides is 1. The summed E-state index contributed by atoms with van der Waals surface area (Å²) in [5.41, 5.74) is 0. The summed E-state index contributed by atoms with van der Waals surface area (Å²) >= 11 is 0. The highest BCUT2D eigenvalue weighted by Gasteiger charge is 2.56. The number of halogens is 1. The normalized spacial score (nSPS) is 31.1. The number of aromatic nitrogens is 2. The second-order valence-electron chi connectivity index (χ2n) is 8.99. The molecule has 1 amide bonds. The molecule has 1 aromatic heterocycles. The van der Waals surface area contributed by atoms with E-state index in [0.29, 0.717) is 19.4 Å². The Balaban J connectivity index is 1.16. The van der Waals surface area contributed by atoms with Crippen LogP contribution < -0.4 is 4.90 Å². The lowest BCUT2D eigenvalue weighted by Crippen LogP contribution is -2.47. The fraction of sp³-hybridized carbons (Fsp3) is 0.727. The molecule has 2 bridgehead atoms. The third-order valence-electron chi connectivity index (χ3n) is 7.23. The van der Waals surface area contributed by atoms with Crippen LogP contribution in [0.4, 0.5) is 10.3 Å². The van der Waals surface area contributed by atoms with Crippen LogP contribution in [-0.4, -0.2) is 84.4 Å². The fourth-order valence-electron chi connectivity index (χ4n) is 5.54. The van der Waals surface area contributed by atoms with Gasteiger partial charge in [-0.15, -0.1) is 0 Å². The molecule has 1 saturated heterocycles. The largest absolute Gasteiger partial charge is 0.345 e. The van der Waals surface area contributed by atoms with Crippen LogP contribution in [0.25, 0.3) is 0 Å². The molecule has 0 spiro atoms. The van der Waals surface area contributed by atoms with E-state index in [0.717, 1.165) is 57.8 Å². The number of amides is 1. The maximum absolute atomic E-state index is 14.1. The van der Waals surface area contributed by atoms with Crippen LogP contribution in [-0.2, 0) is 9.59 Å². The molecule has 5 atom stereocenters. The Hall–Kier alpha value is -2.09. The zero-order valence-electron chi connectivity index (χ0n) is 17.7. The van der Waals surface area contributed by atoms with Crippen molar-refractivity contribution in [2.45, 2.75) is 31.9 Å². The summed E-state index contributed by atoms with van der Waals surface area (Å²) in [5, 5.41) is 0. The van der Waals surface area contributed by atoms with Crippen molar-refractivity contribution >= 4 is 18.1 Å². The maximum Gasteiger partial charge on any atom is 0.226 e. The van der Waals surface area contributed by atoms with Crippen LogP contribution in [0.2, 0.25) is 0 Å². The van der Waals surface area contributed by atoms with Crippen molar-refractivity contribution in [2.24, 2.45) is 23.7 Å². The predicted molar refractivity (Wildman–Crippen MR) is 112 cm³/mol. The smallest absolute Gasteiger partial charge is 0.226 e. The average Bonchev–Trinajstić information content (AvgIpc) is 3.33. The molecule has 0 aromatic carbocycles. The Morgan fingerprint density at radius 1 is 1.20 bits per heavy atom. The molecule has 1 aliphatic heterocycles. The van der Waals surface area contributed by atoms with Crippen LogP contribution in [0.1, 0.15) is 25.7 Å². The van der Waals surface area contributed by atoms with Gasteiger partial charge in [0.05, 0.1) is 5.92 Å². The second-order valence-corrected chi connectivity index (χ2v) is 8.99. The molecule has 30 heavy (non-hydrogen) atoms. The molecule has 0 N–H and O–H groups in total. The molecule has 1 aromatic rings. The minimum Gasteiger partial charge on any atom is -0.345 e. The topological polar surface area (TPSA) is 69.6 Å². The van der Waals surface area contributed by atoms with Crippen molar-refractivity contribution in [2.75, 3.05) is 51.2 Å². The molecular formula is C22H32FN5O2. The summed E-state index contributed by atoms with van der Waals surface area (Å²) in [6, 6.07) is 1.83. The van der Waals surface area contributed by atoms with Gasteiger partial charge in [-0.3, -0.25) is 9.69 Å². The zero-order chi connectivity index (χ0) is 21.1. The number of unbranched alkanes of at least 4 members (excludes halogenated alkanes) is 1. The minimum absolute atomic E-state index is 0.0431. The zero-order valence-corrected chi connectivity index (χ0v) is 17.7. The van der Waals surface area contributed by atoms with Crippen molar-refractivity contribution < 1.29 is 14.0 Å². The number of aldehydes is 1. The molecule has 4 rings (SSSR count). The molecule has 7 nitrogen and oxygen atoms in total. The number of anilines is 1. The van der Waals surface area contributed by atoms with Gasteiger partial charge in [-0.05, 0) is 44.2 Å². The van der Waals surface area contributed by atoms with E-state index in [4.69, 9.17) is 0 Å². The van der Waals surface area contributed by atoms with E-state index < -0.39 is 12.1 Å². The van der Waals surface area contributed by atoms with Gasteiger partial charge in [0.1, 0.15) is 12.5 Å². The van der Waals surface area contributed by atoms with E-state index in [1.807, 2.05) is 6.07 Å². The third kappa shape index (κ3) is 4.33. The summed E-state index contributed by atoms with van der Waals surface area (Å²) in [4.78, 5) is 39.4. The average molecular weight is 418 g/mol. The summed E-state index contributed by atoms with van der Waals surface area (Å²) in [6.07, 6.45) is 6.58. The molecule has 2 heterocycles. The molecule has 5 unspecified atom stereocenters. The Morgan fingerprint density at radius 3 is 2.63 bits per heavy atom. The predicted octanol–water partition coefficient (Wildman–Crippen LogP) is 1.65. The Kier molecular flexibility index (Phi) is 6.61. The highest BCUT2D eigenvalue weighted by Crippen LogP contribution is 2.53. The SMILES string of the molecule is CN(CCCCN1CCN(c2ncccn2)CC1)C(=O)C1C(C=O)C2CC(F)C1C2. The number of rotatable bonds is 8. The van der Waals surface area contributed by atoms with Gasteiger partial charge in [-0.25, -0.2) is 14.4 Å². The van der Waals surface area contributed by atoms with Gasteiger partial charge in [0.25, 0.3) is 0 Å². The minimum atomic E-state index is -0.923. The number of nitrogens with zero attached hydrogens (tertiary/aromatic N) is 5. The fourth-order valence-corrected chi connectivity index (χ4v) is 5.54. The summed E-state index contributed by atoms with van der Waals surface area (Å²) in [6.45, 7) is 5.47. The number of carbonyl (C=O) groups is 2. The molecule has 164 valence electrons. The lowest BCUT2D eigenvalue weighted by atomic mass is 9.78. The van der Waals surface area contributed by atoms with Gasteiger partial charge in [0.2, 0.25) is 11.9 Å². The lowest BCUT2D eigenvalue weighted by molar-refractivity contribution is -0.141. The van der Waals surface area contributed by atoms with Gasteiger partial charge in [0, 0.05) is 64.0 Å². The Bertz CT molecular complexity index is 727. The van der Waals surface area contributed by atoms with E-state index in [1.54, 1.807) is 24.3 Å². The second kappa shape index (κ2) is 9.37. The lowest BCUT2D eigenvalue weighted by Gasteiger charge is -2.35. The van der Waals surface area contributed by atoms with Crippen LogP contribution >= 0.6 is 0 Å². The first kappa shape index (κ1) is 21.2. The molecule has 3 fully saturated rings. The van der Waals surface area contributed by atoms with E-state index in [-0.39, 0.29) is 23.7 Å². The quantitative estimate of drug-likeness (QED) is 0.473. The molecule has 8 heteroatoms. The Labute approximate surface area is 177 Å². The first-order valence-corrected chi connectivity index (χ1v) is 11.2. The summed E-state index contributed by atoms with van der Waals surface area (Å²) < 4.78 is 14.1. The van der Waals surface area contributed by atoms with Crippen molar-refractivity contribution in [1.29, 1.82) is 0 Å². The number of hydrogen-bond donors (Lipinski definition) is 0. The van der Waals surface area contributed by atoms with E-state index in [1.165, 1.54) is 0 Å². The molecule has 2 aliphatic carbocycles. The van der Waals surface area contributed by atoms with Crippen LogP contribution in [0.3, 0.4) is 0 Å². The highest BCUT2D eigenvalue weighted by atomic mass is 19.1. The van der Waals surface area contributed by atoms with Gasteiger partial charge in [-0.2, -0.15) is 0 Å². The number of fused-ring (bicyclic) bond motifs is 2. The van der Waals surface area contributed by atoms with Crippen molar-refractivity contribution in [3.63, 3.8) is 0 Å². The van der Waals surface area contributed by atoms with E-state index in [2.05, 4.69) is 19.8 Å². The number of hydrogen-bond acceptors (Lipinski definition) is 6. The van der Waals surface area contributed by atoms with Crippen molar-refractivity contribution in [1.82, 2.24) is 19.8 Å². The summed E-state index contributed by atoms with van der Waals surface area (Å²) in [7, 11) is 1.79. The van der Waals surface area contributed by atoms with E-state index in [9.17, 15) is 14.0 Å². The third-order valence-corrected chi connectivity index (χ3v) is 7.23. The van der Waals surface area contributed by atoms with Gasteiger partial charge in [0.15, 0.2) is 0 Å². The maximum atomic E-state index is 14.1. The Morgan fingerprint density at radius 2 is 1.93 bits per heavy atom. The van der Waals surface area contributed by atoms with Gasteiger partial charge in [-0.1, -0.05) is 0 Å². The number of carbonyl (C=O) groups excluding carboxylic acids is 2. The van der Waals surface area contributed by atoms with Crippen molar-refractivity contribution in [3.8, 4) is 0 Å².